The summed E-state index contributed by atoms with van der Waals surface area (Å²) in [6.45, 7) is 6.22. The Labute approximate surface area is 156 Å². The molecule has 1 aromatic heterocycles. The number of nitrogens with one attached hydrogen (secondary N) is 1. The molecule has 3 rings (SSSR count). The summed E-state index contributed by atoms with van der Waals surface area (Å²) in [5.74, 6) is 0. The van der Waals surface area contributed by atoms with Crippen LogP contribution >= 0.6 is 24.8 Å². The van der Waals surface area contributed by atoms with E-state index in [9.17, 15) is 0 Å². The second-order valence-electron chi connectivity index (χ2n) is 6.09. The molecule has 0 bridgehead atoms. The lowest BCUT2D eigenvalue weighted by atomic mass is 10.1. The number of rotatable bonds is 6. The maximum Gasteiger partial charge on any atom is 0.0491 e. The van der Waals surface area contributed by atoms with Crippen molar-refractivity contribution in [1.82, 2.24) is 14.8 Å². The molecular weight excluding hydrogens is 341 g/mol. The molecule has 1 heterocycles. The summed E-state index contributed by atoms with van der Waals surface area (Å²) in [6.07, 6.45) is 0. The number of aryl methyl sites for hydroxylation is 1. The predicted octanol–water partition coefficient (Wildman–Crippen LogP) is 4.31. The molecule has 0 aliphatic heterocycles. The van der Waals surface area contributed by atoms with E-state index in [1.165, 1.54) is 27.4 Å². The molecule has 0 radical (unpaired) electrons. The molecule has 132 valence electrons. The van der Waals surface area contributed by atoms with E-state index in [-0.39, 0.29) is 24.8 Å². The fraction of sp³-hybridized carbons (Fsp3) is 0.368. The van der Waals surface area contributed by atoms with Crippen molar-refractivity contribution < 1.29 is 0 Å². The molecule has 1 N–H and O–H groups in total. The molecule has 0 saturated heterocycles. The zero-order valence-corrected chi connectivity index (χ0v) is 16.2. The Morgan fingerprint density at radius 1 is 0.958 bits per heavy atom. The summed E-state index contributed by atoms with van der Waals surface area (Å²) in [6, 6.07) is 15.5. The Kier molecular flexibility index (Phi) is 8.04. The van der Waals surface area contributed by atoms with Crippen LogP contribution < -0.4 is 5.32 Å². The van der Waals surface area contributed by atoms with Crippen LogP contribution in [-0.2, 0) is 13.1 Å². The quantitative estimate of drug-likeness (QED) is 0.655. The van der Waals surface area contributed by atoms with Crippen LogP contribution in [0.5, 0.6) is 0 Å². The number of likely N-dealkylation sites (N-methyl/N-ethyl adjacent to an activating group) is 1. The standard InChI is InChI=1S/C19H25N3.2ClH/c1-4-22-18-8-6-5-7-16(18)17-13-15(9-10-19(17)22)14-20-11-12-21(2)3;;/h5-10,13,20H,4,11-12,14H2,1-3H3;2*1H. The molecule has 3 nitrogen and oxygen atoms in total. The highest BCUT2D eigenvalue weighted by Gasteiger charge is 2.09. The highest BCUT2D eigenvalue weighted by molar-refractivity contribution is 6.08. The molecule has 2 aromatic carbocycles. The van der Waals surface area contributed by atoms with Gasteiger partial charge < -0.3 is 14.8 Å². The maximum absolute atomic E-state index is 3.52. The number of benzene rings is 2. The van der Waals surface area contributed by atoms with Gasteiger partial charge in [0.1, 0.15) is 0 Å². The lowest BCUT2D eigenvalue weighted by molar-refractivity contribution is 0.400. The number of hydrogen-bond acceptors (Lipinski definition) is 2. The van der Waals surface area contributed by atoms with Gasteiger partial charge in [-0.05, 0) is 44.8 Å². The molecule has 0 aliphatic carbocycles. The van der Waals surface area contributed by atoms with E-state index in [1.54, 1.807) is 0 Å². The number of hydrogen-bond donors (Lipinski definition) is 1. The number of aromatic nitrogens is 1. The first-order valence-electron chi connectivity index (χ1n) is 8.06. The van der Waals surface area contributed by atoms with Crippen LogP contribution in [-0.4, -0.2) is 36.7 Å². The maximum atomic E-state index is 3.52. The molecule has 0 fully saturated rings. The lowest BCUT2D eigenvalue weighted by Crippen LogP contribution is -2.26. The van der Waals surface area contributed by atoms with E-state index in [1.807, 2.05) is 0 Å². The first-order valence-corrected chi connectivity index (χ1v) is 8.06. The Bertz CT molecular complexity index is 781. The summed E-state index contributed by atoms with van der Waals surface area (Å²) in [5, 5.41) is 6.24. The van der Waals surface area contributed by atoms with Gasteiger partial charge in [0.05, 0.1) is 0 Å². The minimum Gasteiger partial charge on any atom is -0.341 e. The van der Waals surface area contributed by atoms with Gasteiger partial charge >= 0.3 is 0 Å². The largest absolute Gasteiger partial charge is 0.341 e. The van der Waals surface area contributed by atoms with E-state index in [0.29, 0.717) is 0 Å². The average Bonchev–Trinajstić information content (AvgIpc) is 2.84. The molecule has 0 amide bonds. The zero-order valence-electron chi connectivity index (χ0n) is 14.6. The van der Waals surface area contributed by atoms with Crippen LogP contribution in [0.1, 0.15) is 12.5 Å². The number of nitrogens with zero attached hydrogens (tertiary/aromatic N) is 2. The third-order valence-electron chi connectivity index (χ3n) is 4.22. The van der Waals surface area contributed by atoms with Crippen molar-refractivity contribution in [2.24, 2.45) is 0 Å². The van der Waals surface area contributed by atoms with Crippen molar-refractivity contribution in [3.63, 3.8) is 0 Å². The molecule has 0 atom stereocenters. The molecule has 0 unspecified atom stereocenters. The Hall–Kier alpha value is -1.26. The summed E-state index contributed by atoms with van der Waals surface area (Å²) in [5.41, 5.74) is 4.02. The monoisotopic (exact) mass is 367 g/mol. The second kappa shape index (κ2) is 9.28. The van der Waals surface area contributed by atoms with E-state index in [4.69, 9.17) is 0 Å². The smallest absolute Gasteiger partial charge is 0.0491 e. The van der Waals surface area contributed by atoms with Crippen LogP contribution in [0, 0.1) is 0 Å². The van der Waals surface area contributed by atoms with Gasteiger partial charge in [0.2, 0.25) is 0 Å². The van der Waals surface area contributed by atoms with Gasteiger partial charge in [0, 0.05) is 48.0 Å². The lowest BCUT2D eigenvalue weighted by Gasteiger charge is -2.10. The predicted molar refractivity (Wildman–Crippen MR) is 110 cm³/mol. The van der Waals surface area contributed by atoms with E-state index < -0.39 is 0 Å². The zero-order chi connectivity index (χ0) is 15.5. The van der Waals surface area contributed by atoms with E-state index in [2.05, 4.69) is 78.3 Å². The summed E-state index contributed by atoms with van der Waals surface area (Å²) in [7, 11) is 4.21. The van der Waals surface area contributed by atoms with Gasteiger partial charge in [-0.3, -0.25) is 0 Å². The van der Waals surface area contributed by atoms with Crippen LogP contribution in [0.25, 0.3) is 21.8 Å². The first-order chi connectivity index (χ1) is 10.7. The van der Waals surface area contributed by atoms with E-state index in [0.717, 1.165) is 26.2 Å². The van der Waals surface area contributed by atoms with Crippen molar-refractivity contribution in [3.8, 4) is 0 Å². The Morgan fingerprint density at radius 2 is 1.67 bits per heavy atom. The number of para-hydroxylation sites is 1. The third-order valence-corrected chi connectivity index (χ3v) is 4.22. The Morgan fingerprint density at radius 3 is 2.38 bits per heavy atom. The highest BCUT2D eigenvalue weighted by Crippen LogP contribution is 2.29. The van der Waals surface area contributed by atoms with Crippen molar-refractivity contribution in [3.05, 3.63) is 48.0 Å². The van der Waals surface area contributed by atoms with Gasteiger partial charge in [-0.25, -0.2) is 0 Å². The van der Waals surface area contributed by atoms with Gasteiger partial charge in [0.15, 0.2) is 0 Å². The van der Waals surface area contributed by atoms with E-state index >= 15 is 0 Å². The van der Waals surface area contributed by atoms with Crippen LogP contribution in [0.3, 0.4) is 0 Å². The van der Waals surface area contributed by atoms with Crippen LogP contribution in [0.2, 0.25) is 0 Å². The van der Waals surface area contributed by atoms with Gasteiger partial charge in [0.25, 0.3) is 0 Å². The van der Waals surface area contributed by atoms with Crippen LogP contribution in [0.15, 0.2) is 42.5 Å². The van der Waals surface area contributed by atoms with Gasteiger partial charge in [-0.15, -0.1) is 24.8 Å². The molecule has 0 saturated carbocycles. The molecule has 5 heteroatoms. The van der Waals surface area contributed by atoms with Gasteiger partial charge in [-0.1, -0.05) is 24.3 Å². The van der Waals surface area contributed by atoms with Crippen molar-refractivity contribution in [1.29, 1.82) is 0 Å². The van der Waals surface area contributed by atoms with Gasteiger partial charge in [-0.2, -0.15) is 0 Å². The first kappa shape index (κ1) is 20.8. The van der Waals surface area contributed by atoms with Crippen molar-refractivity contribution in [2.75, 3.05) is 27.2 Å². The minimum atomic E-state index is 0. The topological polar surface area (TPSA) is 20.2 Å². The fourth-order valence-electron chi connectivity index (χ4n) is 3.09. The summed E-state index contributed by atoms with van der Waals surface area (Å²) in [4.78, 5) is 2.20. The second-order valence-corrected chi connectivity index (χ2v) is 6.09. The SMILES string of the molecule is CCn1c2ccccc2c2cc(CNCCN(C)C)ccc21.Cl.Cl. The summed E-state index contributed by atoms with van der Waals surface area (Å²) >= 11 is 0. The fourth-order valence-corrected chi connectivity index (χ4v) is 3.09. The molecule has 0 spiro atoms. The molecule has 24 heavy (non-hydrogen) atoms. The van der Waals surface area contributed by atoms with Crippen molar-refractivity contribution >= 4 is 46.6 Å². The highest BCUT2D eigenvalue weighted by atomic mass is 35.5. The average molecular weight is 368 g/mol. The molecule has 3 aromatic rings. The number of halogens is 2. The normalized spacial score (nSPS) is 10.8. The summed E-state index contributed by atoms with van der Waals surface area (Å²) < 4.78 is 2.40. The number of fused-ring (bicyclic) bond motifs is 3. The third kappa shape index (κ3) is 4.22. The minimum absolute atomic E-state index is 0. The van der Waals surface area contributed by atoms with Crippen molar-refractivity contribution in [2.45, 2.75) is 20.0 Å². The molecular formula is C19H27Cl2N3. The van der Waals surface area contributed by atoms with Crippen LogP contribution in [0.4, 0.5) is 0 Å². The molecule has 0 aliphatic rings. The Balaban J connectivity index is 0.00000144.